The van der Waals surface area contributed by atoms with Gasteiger partial charge in [0.1, 0.15) is 5.75 Å². The Labute approximate surface area is 118 Å². The average molecular weight is 262 g/mol. The Morgan fingerprint density at radius 3 is 2.30 bits per heavy atom. The Bertz CT molecular complexity index is 703. The normalized spacial score (nSPS) is 9.60. The summed E-state index contributed by atoms with van der Waals surface area (Å²) in [5.41, 5.74) is 3.77. The van der Waals surface area contributed by atoms with E-state index in [0.717, 1.165) is 22.4 Å². The van der Waals surface area contributed by atoms with Crippen molar-refractivity contribution < 1.29 is 4.74 Å². The molecule has 2 aromatic carbocycles. The third kappa shape index (κ3) is 2.63. The maximum atomic E-state index is 9.28. The summed E-state index contributed by atoms with van der Waals surface area (Å²) >= 11 is 0. The molecule has 20 heavy (non-hydrogen) atoms. The fourth-order valence-electron chi connectivity index (χ4n) is 2.21. The zero-order valence-electron chi connectivity index (χ0n) is 11.5. The summed E-state index contributed by atoms with van der Waals surface area (Å²) in [5.74, 6) is 0.807. The summed E-state index contributed by atoms with van der Waals surface area (Å²) in [6, 6.07) is 15.3. The van der Waals surface area contributed by atoms with Gasteiger partial charge in [-0.1, -0.05) is 12.1 Å². The highest BCUT2D eigenvalue weighted by Crippen LogP contribution is 2.29. The van der Waals surface area contributed by atoms with Crippen molar-refractivity contribution in [1.82, 2.24) is 0 Å². The van der Waals surface area contributed by atoms with E-state index in [9.17, 15) is 5.26 Å². The molecule has 0 spiro atoms. The molecule has 0 fully saturated rings. The van der Waals surface area contributed by atoms with Crippen LogP contribution in [0.3, 0.4) is 0 Å². The van der Waals surface area contributed by atoms with Gasteiger partial charge >= 0.3 is 0 Å². The van der Waals surface area contributed by atoms with Gasteiger partial charge < -0.3 is 4.74 Å². The first-order chi connectivity index (χ1) is 9.69. The fourth-order valence-corrected chi connectivity index (χ4v) is 2.21. The quantitative estimate of drug-likeness (QED) is 0.845. The van der Waals surface area contributed by atoms with Crippen molar-refractivity contribution in [3.05, 3.63) is 53.1 Å². The minimum Gasteiger partial charge on any atom is -0.494 e. The maximum absolute atomic E-state index is 9.28. The zero-order chi connectivity index (χ0) is 14.5. The van der Waals surface area contributed by atoms with Gasteiger partial charge in [-0.25, -0.2) is 0 Å². The second-order valence-corrected chi connectivity index (χ2v) is 4.40. The van der Waals surface area contributed by atoms with Crippen LogP contribution in [-0.2, 0) is 0 Å². The smallest absolute Gasteiger partial charge is 0.119 e. The van der Waals surface area contributed by atoms with Crippen molar-refractivity contribution in [2.75, 3.05) is 6.61 Å². The van der Waals surface area contributed by atoms with Crippen LogP contribution in [0.15, 0.2) is 36.4 Å². The molecule has 0 aliphatic heterocycles. The van der Waals surface area contributed by atoms with E-state index in [1.54, 1.807) is 12.1 Å². The predicted molar refractivity (Wildman–Crippen MR) is 77.2 cm³/mol. The molecular formula is C17H14N2O. The van der Waals surface area contributed by atoms with Gasteiger partial charge in [-0.2, -0.15) is 10.5 Å². The Balaban J connectivity index is 2.52. The van der Waals surface area contributed by atoms with E-state index >= 15 is 0 Å². The van der Waals surface area contributed by atoms with Crippen LogP contribution >= 0.6 is 0 Å². The van der Waals surface area contributed by atoms with Crippen molar-refractivity contribution in [3.63, 3.8) is 0 Å². The van der Waals surface area contributed by atoms with Crippen molar-refractivity contribution in [2.24, 2.45) is 0 Å². The van der Waals surface area contributed by atoms with Gasteiger partial charge in [-0.3, -0.25) is 0 Å². The molecule has 0 radical (unpaired) electrons. The van der Waals surface area contributed by atoms with Gasteiger partial charge in [0.15, 0.2) is 0 Å². The molecule has 0 amide bonds. The lowest BCUT2D eigenvalue weighted by Crippen LogP contribution is -1.93. The van der Waals surface area contributed by atoms with E-state index in [2.05, 4.69) is 12.1 Å². The molecule has 2 rings (SSSR count). The van der Waals surface area contributed by atoms with Crippen molar-refractivity contribution >= 4 is 0 Å². The van der Waals surface area contributed by atoms with E-state index in [1.807, 2.05) is 38.1 Å². The third-order valence-corrected chi connectivity index (χ3v) is 3.04. The highest BCUT2D eigenvalue weighted by molar-refractivity contribution is 5.75. The van der Waals surface area contributed by atoms with Crippen LogP contribution in [-0.4, -0.2) is 6.61 Å². The van der Waals surface area contributed by atoms with Gasteiger partial charge in [0.2, 0.25) is 0 Å². The SMILES string of the molecule is CCOc1ccc(-c2c(C)cc(C#N)cc2C#N)cc1. The third-order valence-electron chi connectivity index (χ3n) is 3.04. The topological polar surface area (TPSA) is 56.8 Å². The summed E-state index contributed by atoms with van der Waals surface area (Å²) in [5, 5.41) is 18.2. The Hall–Kier alpha value is -2.78. The largest absolute Gasteiger partial charge is 0.494 e. The first kappa shape index (κ1) is 13.6. The second kappa shape index (κ2) is 5.91. The first-order valence-electron chi connectivity index (χ1n) is 6.37. The van der Waals surface area contributed by atoms with Crippen LogP contribution in [0, 0.1) is 29.6 Å². The molecule has 2 aromatic rings. The summed E-state index contributed by atoms with van der Waals surface area (Å²) in [4.78, 5) is 0. The highest BCUT2D eigenvalue weighted by atomic mass is 16.5. The predicted octanol–water partition coefficient (Wildman–Crippen LogP) is 3.80. The molecule has 3 heteroatoms. The van der Waals surface area contributed by atoms with Gasteiger partial charge in [-0.15, -0.1) is 0 Å². The summed E-state index contributed by atoms with van der Waals surface area (Å²) in [6.07, 6.45) is 0. The lowest BCUT2D eigenvalue weighted by molar-refractivity contribution is 0.340. The minimum absolute atomic E-state index is 0.508. The molecule has 98 valence electrons. The summed E-state index contributed by atoms with van der Waals surface area (Å²) in [6.45, 7) is 4.47. The molecule has 0 N–H and O–H groups in total. The standard InChI is InChI=1S/C17H14N2O/c1-3-20-16-6-4-14(5-7-16)17-12(2)8-13(10-18)9-15(17)11-19/h4-9H,3H2,1-2H3. The Morgan fingerprint density at radius 2 is 1.75 bits per heavy atom. The Kier molecular flexibility index (Phi) is 4.03. The molecule has 3 nitrogen and oxygen atoms in total. The van der Waals surface area contributed by atoms with Crippen LogP contribution in [0.2, 0.25) is 0 Å². The average Bonchev–Trinajstić information content (AvgIpc) is 2.47. The van der Waals surface area contributed by atoms with Gasteiger partial charge in [0, 0.05) is 5.56 Å². The lowest BCUT2D eigenvalue weighted by atomic mass is 9.93. The van der Waals surface area contributed by atoms with Gasteiger partial charge in [0.05, 0.1) is 29.9 Å². The molecule has 0 atom stereocenters. The number of benzene rings is 2. The van der Waals surface area contributed by atoms with E-state index < -0.39 is 0 Å². The van der Waals surface area contributed by atoms with Crippen LogP contribution in [0.5, 0.6) is 5.75 Å². The summed E-state index contributed by atoms with van der Waals surface area (Å²) in [7, 11) is 0. The molecular weight excluding hydrogens is 248 g/mol. The first-order valence-corrected chi connectivity index (χ1v) is 6.37. The van der Waals surface area contributed by atoms with Crippen LogP contribution < -0.4 is 4.74 Å². The molecule has 0 aliphatic carbocycles. The van der Waals surface area contributed by atoms with E-state index in [1.165, 1.54) is 0 Å². The van der Waals surface area contributed by atoms with Crippen LogP contribution in [0.25, 0.3) is 11.1 Å². The second-order valence-electron chi connectivity index (χ2n) is 4.40. The summed E-state index contributed by atoms with van der Waals surface area (Å²) < 4.78 is 5.41. The van der Waals surface area contributed by atoms with E-state index in [4.69, 9.17) is 10.00 Å². The van der Waals surface area contributed by atoms with Crippen molar-refractivity contribution in [2.45, 2.75) is 13.8 Å². The molecule has 0 saturated carbocycles. The number of nitrogens with zero attached hydrogens (tertiary/aromatic N) is 2. The number of rotatable bonds is 3. The fraction of sp³-hybridized carbons (Fsp3) is 0.176. The minimum atomic E-state index is 0.508. The number of hydrogen-bond acceptors (Lipinski definition) is 3. The van der Waals surface area contributed by atoms with E-state index in [0.29, 0.717) is 17.7 Å². The van der Waals surface area contributed by atoms with Gasteiger partial charge in [0.25, 0.3) is 0 Å². The molecule has 0 unspecified atom stereocenters. The number of ether oxygens (including phenoxy) is 1. The molecule has 0 aliphatic rings. The van der Waals surface area contributed by atoms with Crippen molar-refractivity contribution in [1.29, 1.82) is 10.5 Å². The molecule has 0 bridgehead atoms. The van der Waals surface area contributed by atoms with Crippen LogP contribution in [0.4, 0.5) is 0 Å². The molecule has 0 aromatic heterocycles. The number of nitriles is 2. The lowest BCUT2D eigenvalue weighted by Gasteiger charge is -2.10. The molecule has 0 heterocycles. The number of aryl methyl sites for hydroxylation is 1. The van der Waals surface area contributed by atoms with Crippen LogP contribution in [0.1, 0.15) is 23.6 Å². The monoisotopic (exact) mass is 262 g/mol. The van der Waals surface area contributed by atoms with Gasteiger partial charge in [-0.05, 0) is 49.2 Å². The zero-order valence-corrected chi connectivity index (χ0v) is 11.5. The molecule has 0 saturated heterocycles. The van der Waals surface area contributed by atoms with E-state index in [-0.39, 0.29) is 0 Å². The Morgan fingerprint density at radius 1 is 1.05 bits per heavy atom. The highest BCUT2D eigenvalue weighted by Gasteiger charge is 2.10. The van der Waals surface area contributed by atoms with Crippen molar-refractivity contribution in [3.8, 4) is 29.0 Å². The number of hydrogen-bond donors (Lipinski definition) is 0. The maximum Gasteiger partial charge on any atom is 0.119 e.